The summed E-state index contributed by atoms with van der Waals surface area (Å²) in [5, 5.41) is 9.84. The maximum atomic E-state index is 13.3. The molecule has 2 heterocycles. The van der Waals surface area contributed by atoms with Crippen LogP contribution >= 0.6 is 0 Å². The molecule has 1 fully saturated rings. The summed E-state index contributed by atoms with van der Waals surface area (Å²) in [6, 6.07) is 7.39. The van der Waals surface area contributed by atoms with E-state index in [0.717, 1.165) is 0 Å². The molecule has 0 spiro atoms. The van der Waals surface area contributed by atoms with Crippen LogP contribution in [0.2, 0.25) is 0 Å². The molecule has 2 atom stereocenters. The van der Waals surface area contributed by atoms with Gasteiger partial charge < -0.3 is 14.4 Å². The van der Waals surface area contributed by atoms with Crippen molar-refractivity contribution in [3.8, 4) is 0 Å². The Balaban J connectivity index is 1.91. The first-order valence-electron chi connectivity index (χ1n) is 6.42. The van der Waals surface area contributed by atoms with Crippen LogP contribution in [0.5, 0.6) is 0 Å². The molecule has 3 rings (SSSR count). The zero-order chi connectivity index (χ0) is 14.1. The van der Waals surface area contributed by atoms with Crippen molar-refractivity contribution < 1.29 is 18.7 Å². The van der Waals surface area contributed by atoms with Gasteiger partial charge in [-0.25, -0.2) is 4.39 Å². The number of benzene rings is 1. The van der Waals surface area contributed by atoms with Gasteiger partial charge in [-0.1, -0.05) is 12.1 Å². The first-order valence-corrected chi connectivity index (χ1v) is 6.42. The lowest BCUT2D eigenvalue weighted by Crippen LogP contribution is -2.31. The molecule has 5 heteroatoms. The minimum atomic E-state index is -0.598. The summed E-state index contributed by atoms with van der Waals surface area (Å²) in [5.41, 5.74) is 1.12. The maximum absolute atomic E-state index is 13.3. The average molecular weight is 275 g/mol. The van der Waals surface area contributed by atoms with Crippen molar-refractivity contribution >= 4 is 5.91 Å². The number of carbonyl (C=O) groups excluding carboxylic acids is 1. The number of likely N-dealkylation sites (tertiary alicyclic amines) is 1. The van der Waals surface area contributed by atoms with Gasteiger partial charge in [0.2, 0.25) is 0 Å². The molecule has 104 valence electrons. The first kappa shape index (κ1) is 12.9. The Morgan fingerprint density at radius 3 is 2.95 bits per heavy atom. The SMILES string of the molecule is O=C(c1ccoc1)N1C[C@@H](O)C[C@H]1c1cccc(F)c1. The third kappa shape index (κ3) is 2.32. The van der Waals surface area contributed by atoms with E-state index in [9.17, 15) is 14.3 Å². The van der Waals surface area contributed by atoms with Crippen molar-refractivity contribution in [2.45, 2.75) is 18.6 Å². The summed E-state index contributed by atoms with van der Waals surface area (Å²) in [7, 11) is 0. The van der Waals surface area contributed by atoms with E-state index in [1.807, 2.05) is 0 Å². The van der Waals surface area contributed by atoms with Crippen LogP contribution in [0.15, 0.2) is 47.3 Å². The number of hydrogen-bond donors (Lipinski definition) is 1. The Kier molecular flexibility index (Phi) is 3.28. The summed E-state index contributed by atoms with van der Waals surface area (Å²) in [6.07, 6.45) is 2.61. The summed E-state index contributed by atoms with van der Waals surface area (Å²) >= 11 is 0. The largest absolute Gasteiger partial charge is 0.472 e. The molecule has 1 amide bonds. The summed E-state index contributed by atoms with van der Waals surface area (Å²) in [5.74, 6) is -0.566. The second-order valence-corrected chi connectivity index (χ2v) is 4.93. The molecule has 1 aliphatic rings. The van der Waals surface area contributed by atoms with Crippen LogP contribution in [0.1, 0.15) is 28.4 Å². The van der Waals surface area contributed by atoms with E-state index >= 15 is 0 Å². The van der Waals surface area contributed by atoms with Crippen LogP contribution in [-0.2, 0) is 0 Å². The van der Waals surface area contributed by atoms with Gasteiger partial charge in [-0.2, -0.15) is 0 Å². The van der Waals surface area contributed by atoms with E-state index in [4.69, 9.17) is 4.42 Å². The molecular formula is C15H14FNO3. The number of furan rings is 1. The molecule has 1 N–H and O–H groups in total. The van der Waals surface area contributed by atoms with Crippen molar-refractivity contribution in [3.63, 3.8) is 0 Å². The molecule has 1 aromatic heterocycles. The Bertz CT molecular complexity index is 611. The van der Waals surface area contributed by atoms with Crippen molar-refractivity contribution in [1.29, 1.82) is 0 Å². The van der Waals surface area contributed by atoms with Gasteiger partial charge in [0.05, 0.1) is 24.0 Å². The number of aliphatic hydroxyl groups is 1. The van der Waals surface area contributed by atoms with E-state index in [0.29, 0.717) is 17.5 Å². The van der Waals surface area contributed by atoms with Gasteiger partial charge in [-0.05, 0) is 30.2 Å². The second kappa shape index (κ2) is 5.09. The van der Waals surface area contributed by atoms with Crippen molar-refractivity contribution in [2.24, 2.45) is 0 Å². The lowest BCUT2D eigenvalue weighted by atomic mass is 10.0. The van der Waals surface area contributed by atoms with Gasteiger partial charge in [0.25, 0.3) is 5.91 Å². The molecular weight excluding hydrogens is 261 g/mol. The number of aliphatic hydroxyl groups excluding tert-OH is 1. The smallest absolute Gasteiger partial charge is 0.257 e. The van der Waals surface area contributed by atoms with Crippen LogP contribution in [0.4, 0.5) is 4.39 Å². The fourth-order valence-corrected chi connectivity index (χ4v) is 2.62. The number of hydrogen-bond acceptors (Lipinski definition) is 3. The molecule has 1 aromatic carbocycles. The lowest BCUT2D eigenvalue weighted by Gasteiger charge is -2.24. The number of halogens is 1. The molecule has 1 saturated heterocycles. The van der Waals surface area contributed by atoms with E-state index < -0.39 is 6.10 Å². The van der Waals surface area contributed by atoms with Gasteiger partial charge in [-0.15, -0.1) is 0 Å². The standard InChI is InChI=1S/C15H14FNO3/c16-12-3-1-2-10(6-12)14-7-13(18)8-17(14)15(19)11-4-5-20-9-11/h1-6,9,13-14,18H,7-8H2/t13-,14-/m0/s1. The van der Waals surface area contributed by atoms with Gasteiger partial charge >= 0.3 is 0 Å². The van der Waals surface area contributed by atoms with E-state index in [-0.39, 0.29) is 24.3 Å². The highest BCUT2D eigenvalue weighted by Crippen LogP contribution is 2.33. The third-order valence-electron chi connectivity index (χ3n) is 3.54. The van der Waals surface area contributed by atoms with Crippen molar-refractivity contribution in [1.82, 2.24) is 4.90 Å². The summed E-state index contributed by atoms with van der Waals surface area (Å²) in [6.45, 7) is 0.241. The van der Waals surface area contributed by atoms with E-state index in [1.54, 1.807) is 23.1 Å². The van der Waals surface area contributed by atoms with Gasteiger partial charge in [0.1, 0.15) is 12.1 Å². The number of amides is 1. The number of rotatable bonds is 2. The lowest BCUT2D eigenvalue weighted by molar-refractivity contribution is 0.0715. The van der Waals surface area contributed by atoms with Gasteiger partial charge in [0, 0.05) is 6.54 Å². The Morgan fingerprint density at radius 1 is 1.40 bits per heavy atom. The molecule has 0 aliphatic carbocycles. The number of nitrogens with zero attached hydrogens (tertiary/aromatic N) is 1. The molecule has 2 aromatic rings. The molecule has 0 unspecified atom stereocenters. The zero-order valence-corrected chi connectivity index (χ0v) is 10.7. The topological polar surface area (TPSA) is 53.7 Å². The highest BCUT2D eigenvalue weighted by atomic mass is 19.1. The Hall–Kier alpha value is -2.14. The first-order chi connectivity index (χ1) is 9.65. The summed E-state index contributed by atoms with van der Waals surface area (Å²) in [4.78, 5) is 13.9. The zero-order valence-electron chi connectivity index (χ0n) is 10.7. The van der Waals surface area contributed by atoms with Gasteiger partial charge in [0.15, 0.2) is 0 Å². The average Bonchev–Trinajstić information content (AvgIpc) is 3.07. The predicted octanol–water partition coefficient (Wildman–Crippen LogP) is 2.37. The van der Waals surface area contributed by atoms with Crippen molar-refractivity contribution in [3.05, 3.63) is 59.8 Å². The molecule has 4 nitrogen and oxygen atoms in total. The van der Waals surface area contributed by atoms with Crippen molar-refractivity contribution in [2.75, 3.05) is 6.54 Å². The van der Waals surface area contributed by atoms with Crippen LogP contribution in [-0.4, -0.2) is 28.6 Å². The van der Waals surface area contributed by atoms with E-state index in [1.165, 1.54) is 24.7 Å². The minimum absolute atomic E-state index is 0.218. The minimum Gasteiger partial charge on any atom is -0.472 e. The fraction of sp³-hybridized carbons (Fsp3) is 0.267. The van der Waals surface area contributed by atoms with Gasteiger partial charge in [-0.3, -0.25) is 4.79 Å². The predicted molar refractivity (Wildman–Crippen MR) is 69.5 cm³/mol. The maximum Gasteiger partial charge on any atom is 0.257 e. The Labute approximate surface area is 115 Å². The normalized spacial score (nSPS) is 22.2. The molecule has 20 heavy (non-hydrogen) atoms. The molecule has 0 bridgehead atoms. The van der Waals surface area contributed by atoms with E-state index in [2.05, 4.69) is 0 Å². The highest BCUT2D eigenvalue weighted by molar-refractivity contribution is 5.94. The second-order valence-electron chi connectivity index (χ2n) is 4.93. The molecule has 1 aliphatic heterocycles. The fourth-order valence-electron chi connectivity index (χ4n) is 2.62. The van der Waals surface area contributed by atoms with Crippen LogP contribution in [0.25, 0.3) is 0 Å². The summed E-state index contributed by atoms with van der Waals surface area (Å²) < 4.78 is 18.3. The molecule has 0 saturated carbocycles. The third-order valence-corrected chi connectivity index (χ3v) is 3.54. The molecule has 0 radical (unpaired) electrons. The highest BCUT2D eigenvalue weighted by Gasteiger charge is 2.36. The Morgan fingerprint density at radius 2 is 2.25 bits per heavy atom. The number of carbonyl (C=O) groups is 1. The monoisotopic (exact) mass is 275 g/mol. The van der Waals surface area contributed by atoms with Crippen LogP contribution in [0, 0.1) is 5.82 Å². The quantitative estimate of drug-likeness (QED) is 0.915. The van der Waals surface area contributed by atoms with Crippen LogP contribution < -0.4 is 0 Å². The number of β-amino-alcohol motifs (C(OH)–C–C–N with tert-alkyl or cyclic N) is 1. The van der Waals surface area contributed by atoms with Crippen LogP contribution in [0.3, 0.4) is 0 Å².